The zero-order valence-electron chi connectivity index (χ0n) is 47.8. The number of alkyl carbamates (subject to hydrolysis) is 1. The summed E-state index contributed by atoms with van der Waals surface area (Å²) in [5.74, 6) is -4.29. The summed E-state index contributed by atoms with van der Waals surface area (Å²) in [6, 6.07) is 3.51. The number of phenols is 1. The van der Waals surface area contributed by atoms with Gasteiger partial charge in [0, 0.05) is 101 Å². The zero-order valence-corrected chi connectivity index (χ0v) is 48.6. The van der Waals surface area contributed by atoms with E-state index in [1.54, 1.807) is 57.2 Å². The van der Waals surface area contributed by atoms with Crippen LogP contribution in [0.5, 0.6) is 5.75 Å². The predicted octanol–water partition coefficient (Wildman–Crippen LogP) is 6.76. The van der Waals surface area contributed by atoms with Gasteiger partial charge in [-0.05, 0) is 110 Å². The van der Waals surface area contributed by atoms with Gasteiger partial charge in [-0.1, -0.05) is 47.1 Å². The van der Waals surface area contributed by atoms with E-state index in [-0.39, 0.29) is 97.9 Å². The van der Waals surface area contributed by atoms with Crippen LogP contribution < -0.4 is 21.3 Å². The lowest BCUT2D eigenvalue weighted by Crippen LogP contribution is -2.50. The minimum atomic E-state index is -0.935. The van der Waals surface area contributed by atoms with E-state index in [1.165, 1.54) is 25.1 Å². The van der Waals surface area contributed by atoms with Crippen molar-refractivity contribution >= 4 is 70.2 Å². The molecule has 5 N–H and O–H groups in total. The number of rotatable bonds is 32. The normalized spacial score (nSPS) is 15.1. The van der Waals surface area contributed by atoms with Crippen LogP contribution in [0.3, 0.4) is 0 Å². The maximum atomic E-state index is 14.4. The van der Waals surface area contributed by atoms with Gasteiger partial charge in [0.1, 0.15) is 27.8 Å². The second-order valence-corrected chi connectivity index (χ2v) is 23.1. The Balaban J connectivity index is 1.84. The molecular weight excluding hydrogens is 1010 g/mol. The number of amides is 6. The molecule has 1 aliphatic rings. The molecule has 1 aromatic carbocycles. The van der Waals surface area contributed by atoms with Crippen LogP contribution in [-0.4, -0.2) is 149 Å². The molecule has 3 rings (SSSR count). The monoisotopic (exact) mass is 1090 g/mol. The van der Waals surface area contributed by atoms with Crippen molar-refractivity contribution in [3.05, 3.63) is 52.0 Å². The van der Waals surface area contributed by atoms with Gasteiger partial charge >= 0.3 is 12.1 Å². The molecule has 2 aromatic rings. The Kier molecular flexibility index (Phi) is 25.6. The van der Waals surface area contributed by atoms with Crippen molar-refractivity contribution in [1.29, 1.82) is 0 Å². The highest BCUT2D eigenvalue weighted by molar-refractivity contribution is 7.09. The maximum absolute atomic E-state index is 14.4. The number of likely N-dealkylation sites (N-methyl/N-ethyl adjacent to an activating group) is 1. The molecule has 0 saturated carbocycles. The van der Waals surface area contributed by atoms with Crippen LogP contribution in [-0.2, 0) is 49.5 Å². The van der Waals surface area contributed by atoms with E-state index in [2.05, 4.69) is 26.3 Å². The number of aromatic nitrogens is 1. The maximum Gasteiger partial charge on any atom is 0.407 e. The van der Waals surface area contributed by atoms with E-state index in [1.807, 2.05) is 60.5 Å². The minimum Gasteiger partial charge on any atom is -0.506 e. The number of ketones is 2. The van der Waals surface area contributed by atoms with E-state index in [9.17, 15) is 48.3 Å². The molecule has 6 amide bonds. The highest BCUT2D eigenvalue weighted by Gasteiger charge is 2.39. The van der Waals surface area contributed by atoms with Gasteiger partial charge in [-0.15, -0.1) is 11.3 Å². The molecule has 20 nitrogen and oxygen atoms in total. The van der Waals surface area contributed by atoms with Crippen molar-refractivity contribution in [2.45, 2.75) is 163 Å². The number of thiazole rings is 1. The summed E-state index contributed by atoms with van der Waals surface area (Å²) < 4.78 is 11.1. The molecule has 1 aromatic heterocycles. The van der Waals surface area contributed by atoms with Gasteiger partial charge < -0.3 is 40.7 Å². The third kappa shape index (κ3) is 21.0. The molecule has 0 spiro atoms. The first-order chi connectivity index (χ1) is 35.9. The lowest BCUT2D eigenvalue weighted by atomic mass is 9.81. The number of imide groups is 1. The minimum absolute atomic E-state index is 0.0347. The van der Waals surface area contributed by atoms with E-state index in [0.29, 0.717) is 43.0 Å². The Hall–Kier alpha value is -6.06. The van der Waals surface area contributed by atoms with E-state index in [0.717, 1.165) is 16.2 Å². The van der Waals surface area contributed by atoms with Crippen LogP contribution >= 0.6 is 11.3 Å². The van der Waals surface area contributed by atoms with Crippen molar-refractivity contribution in [3.63, 3.8) is 0 Å². The average molecular weight is 1100 g/mol. The number of hydrogen-bond acceptors (Lipinski definition) is 16. The van der Waals surface area contributed by atoms with Crippen LogP contribution in [0.25, 0.3) is 0 Å². The number of hydrogen-bond donors (Lipinski definition) is 5. The fourth-order valence-electron chi connectivity index (χ4n) is 8.67. The number of ether oxygens (including phenoxy) is 2. The van der Waals surface area contributed by atoms with E-state index >= 15 is 0 Å². The standard InChI is InChI=1S/C56H86N8O12S/c1-15-35(4)40(31-47(68)56(10,11)62(12)13)53(73)63(14)43(34(2)3)32-46(75-37(6)65)52-61-42(33-77-52)51(72)59-39(28-36(5)44(66)18-16-24-57-25-26-58-54(74)76-55(7,8)9)29-38-20-21-45(67)41(30-38)60-48(69)19-17-27-64-49(70)22-23-50(64)71/h20-23,30,33-36,39-40,43,46,57,67H,15-19,24-29,31-32H2,1-14H3,(H,58,74)(H,59,72)(H,60,69)/t35-,36?,39+,40-,43+,46+/m0/s1. The number of carbonyl (C=O) groups is 9. The number of nitrogens with zero attached hydrogens (tertiary/aromatic N) is 4. The summed E-state index contributed by atoms with van der Waals surface area (Å²) in [6.45, 7) is 21.3. The Bertz CT molecular complexity index is 2390. The molecule has 2 heterocycles. The number of anilines is 1. The van der Waals surface area contributed by atoms with Crippen LogP contribution in [0.1, 0.15) is 155 Å². The van der Waals surface area contributed by atoms with Crippen molar-refractivity contribution in [2.24, 2.45) is 23.7 Å². The van der Waals surface area contributed by atoms with Crippen molar-refractivity contribution in [1.82, 2.24) is 35.6 Å². The molecule has 21 heteroatoms. The second kappa shape index (κ2) is 30.2. The number of esters is 1. The third-order valence-corrected chi connectivity index (χ3v) is 15.0. The lowest BCUT2D eigenvalue weighted by molar-refractivity contribution is -0.150. The van der Waals surface area contributed by atoms with Crippen molar-refractivity contribution < 1.29 is 57.7 Å². The number of Topliss-reactive ketones (excluding diaryl/α,β-unsaturated/α-hetero) is 2. The molecule has 1 aliphatic heterocycles. The first-order valence-corrected chi connectivity index (χ1v) is 27.6. The fraction of sp³-hybridized carbons (Fsp3) is 0.643. The Morgan fingerprint density at radius 1 is 0.883 bits per heavy atom. The summed E-state index contributed by atoms with van der Waals surface area (Å²) in [4.78, 5) is 127. The summed E-state index contributed by atoms with van der Waals surface area (Å²) in [7, 11) is 5.38. The summed E-state index contributed by atoms with van der Waals surface area (Å²) in [5.41, 5.74) is -0.645. The Labute approximate surface area is 459 Å². The molecule has 0 aliphatic carbocycles. The number of carbonyl (C=O) groups excluding carboxylic acids is 9. The van der Waals surface area contributed by atoms with Gasteiger partial charge in [-0.2, -0.15) is 0 Å². The summed E-state index contributed by atoms with van der Waals surface area (Å²) in [5, 5.41) is 24.3. The van der Waals surface area contributed by atoms with Crippen molar-refractivity contribution in [3.8, 4) is 5.75 Å². The number of phenolic OH excluding ortho intramolecular Hbond substituents is 1. The largest absolute Gasteiger partial charge is 0.506 e. The number of aromatic hydroxyl groups is 1. The van der Waals surface area contributed by atoms with Gasteiger partial charge in [-0.3, -0.25) is 48.2 Å². The second-order valence-electron chi connectivity index (χ2n) is 22.2. The van der Waals surface area contributed by atoms with E-state index < -0.39 is 76.9 Å². The average Bonchev–Trinajstić information content (AvgIpc) is 3.97. The molecule has 0 bridgehead atoms. The number of benzene rings is 1. The number of nitrogens with one attached hydrogen (secondary N) is 4. The Morgan fingerprint density at radius 3 is 2.14 bits per heavy atom. The molecule has 428 valence electrons. The fourth-order valence-corrected chi connectivity index (χ4v) is 9.51. The summed E-state index contributed by atoms with van der Waals surface area (Å²) >= 11 is 1.13. The highest BCUT2D eigenvalue weighted by Crippen LogP contribution is 2.33. The SMILES string of the molecule is CC[C@H](C)[C@H](CC(=O)C(C)(C)N(C)C)C(=O)N(C)[C@H](C[C@@H](OC(C)=O)c1nc(C(=O)N[C@@H](Cc2ccc(O)c(NC(=O)CCCN3C(=O)C=CC3=O)c2)CC(C)C(=O)CCCNCCNC(=O)OC(C)(C)C)cs1)C(C)C. The first kappa shape index (κ1) is 65.2. The molecule has 6 atom stereocenters. The van der Waals surface area contributed by atoms with Gasteiger partial charge in [0.05, 0.1) is 11.2 Å². The zero-order chi connectivity index (χ0) is 57.9. The third-order valence-electron chi connectivity index (χ3n) is 14.0. The topological polar surface area (TPSA) is 263 Å². The molecule has 0 radical (unpaired) electrons. The van der Waals surface area contributed by atoms with Gasteiger partial charge in [0.2, 0.25) is 11.8 Å². The lowest BCUT2D eigenvalue weighted by Gasteiger charge is -2.38. The molecule has 77 heavy (non-hydrogen) atoms. The molecule has 0 fully saturated rings. The smallest absolute Gasteiger partial charge is 0.407 e. The predicted molar refractivity (Wildman–Crippen MR) is 295 cm³/mol. The van der Waals surface area contributed by atoms with Crippen LogP contribution in [0.2, 0.25) is 0 Å². The van der Waals surface area contributed by atoms with Crippen LogP contribution in [0.15, 0.2) is 35.7 Å². The van der Waals surface area contributed by atoms with Crippen LogP contribution in [0.4, 0.5) is 10.5 Å². The molecule has 0 saturated heterocycles. The highest BCUT2D eigenvalue weighted by atomic mass is 32.1. The van der Waals surface area contributed by atoms with Gasteiger partial charge in [-0.25, -0.2) is 9.78 Å². The van der Waals surface area contributed by atoms with Gasteiger partial charge in [0.25, 0.3) is 17.7 Å². The first-order valence-electron chi connectivity index (χ1n) is 26.7. The molecular formula is C56H86N8O12S. The Morgan fingerprint density at radius 2 is 1.55 bits per heavy atom. The van der Waals surface area contributed by atoms with E-state index in [4.69, 9.17) is 9.47 Å². The quantitative estimate of drug-likeness (QED) is 0.0219. The van der Waals surface area contributed by atoms with Gasteiger partial charge in [0.15, 0.2) is 11.9 Å². The van der Waals surface area contributed by atoms with Crippen LogP contribution in [0, 0.1) is 23.7 Å². The molecule has 1 unspecified atom stereocenters. The summed E-state index contributed by atoms with van der Waals surface area (Å²) in [6.07, 6.45) is 3.09. The van der Waals surface area contributed by atoms with Crippen molar-refractivity contribution in [2.75, 3.05) is 52.6 Å².